The van der Waals surface area contributed by atoms with E-state index in [1.54, 1.807) is 18.2 Å². The Labute approximate surface area is 192 Å². The summed E-state index contributed by atoms with van der Waals surface area (Å²) in [5.41, 5.74) is 3.64. The van der Waals surface area contributed by atoms with E-state index in [4.69, 9.17) is 0 Å². The molecular weight excluding hydrogens is 444 g/mol. The normalized spacial score (nSPS) is 12.2. The molecule has 0 bridgehead atoms. The number of thioether (sulfide) groups is 1. The van der Waals surface area contributed by atoms with Crippen LogP contribution in [-0.2, 0) is 22.8 Å². The van der Waals surface area contributed by atoms with Crippen LogP contribution in [0, 0.1) is 6.92 Å². The van der Waals surface area contributed by atoms with E-state index >= 15 is 0 Å². The zero-order valence-corrected chi connectivity index (χ0v) is 20.2. The number of hydrogen-bond donors (Lipinski definition) is 1. The monoisotopic (exact) mass is 470 g/mol. The highest BCUT2D eigenvalue weighted by Gasteiger charge is 2.22. The Balaban J connectivity index is 1.54. The van der Waals surface area contributed by atoms with Gasteiger partial charge < -0.3 is 9.55 Å². The topological polar surface area (TPSA) is 96.8 Å². The van der Waals surface area contributed by atoms with Crippen LogP contribution in [0.25, 0.3) is 22.4 Å². The lowest BCUT2D eigenvalue weighted by atomic mass is 10.1. The molecule has 32 heavy (non-hydrogen) atoms. The van der Waals surface area contributed by atoms with Gasteiger partial charge in [0.2, 0.25) is 10.0 Å². The molecule has 0 saturated heterocycles. The quantitative estimate of drug-likeness (QED) is 0.391. The van der Waals surface area contributed by atoms with E-state index in [1.165, 1.54) is 16.1 Å². The van der Waals surface area contributed by atoms with Gasteiger partial charge >= 0.3 is 0 Å². The first-order valence-corrected chi connectivity index (χ1v) is 12.8. The van der Waals surface area contributed by atoms with E-state index < -0.39 is 10.0 Å². The summed E-state index contributed by atoms with van der Waals surface area (Å²) in [7, 11) is -1.56. The first-order chi connectivity index (χ1) is 15.3. The van der Waals surface area contributed by atoms with Crippen molar-refractivity contribution in [1.82, 2.24) is 29.0 Å². The number of hydrogen-bond acceptors (Lipinski definition) is 6. The lowest BCUT2D eigenvalue weighted by Gasteiger charge is -2.18. The molecule has 168 valence electrons. The number of rotatable bonds is 8. The Morgan fingerprint density at radius 3 is 2.56 bits per heavy atom. The van der Waals surface area contributed by atoms with E-state index in [-0.39, 0.29) is 4.90 Å². The molecule has 0 aliphatic heterocycles. The fourth-order valence-electron chi connectivity index (χ4n) is 3.61. The number of nitrogens with zero attached hydrogens (tertiary/aromatic N) is 5. The van der Waals surface area contributed by atoms with Gasteiger partial charge in [0.25, 0.3) is 0 Å². The molecule has 0 aliphatic rings. The Kier molecular flexibility index (Phi) is 6.36. The SMILES string of the molecule is CCN(CC)S(=O)(=O)c1ccc2nc(CSc3nnc(-c4ccccc4C)n3C)[nH]c2c1. The number of aromatic amines is 1. The third-order valence-electron chi connectivity index (χ3n) is 5.40. The van der Waals surface area contributed by atoms with Crippen LogP contribution in [0.3, 0.4) is 0 Å². The van der Waals surface area contributed by atoms with E-state index in [0.29, 0.717) is 24.4 Å². The maximum Gasteiger partial charge on any atom is 0.243 e. The van der Waals surface area contributed by atoms with Crippen molar-refractivity contribution >= 4 is 32.8 Å². The van der Waals surface area contributed by atoms with Gasteiger partial charge in [-0.25, -0.2) is 13.4 Å². The molecule has 0 fully saturated rings. The number of aromatic nitrogens is 5. The minimum absolute atomic E-state index is 0.271. The molecule has 4 aromatic rings. The van der Waals surface area contributed by atoms with Crippen LogP contribution in [0.2, 0.25) is 0 Å². The van der Waals surface area contributed by atoms with Crippen LogP contribution in [-0.4, -0.2) is 50.5 Å². The smallest absolute Gasteiger partial charge is 0.243 e. The Morgan fingerprint density at radius 1 is 1.09 bits per heavy atom. The van der Waals surface area contributed by atoms with Gasteiger partial charge in [-0.1, -0.05) is 49.9 Å². The minimum atomic E-state index is -3.51. The Morgan fingerprint density at radius 2 is 1.84 bits per heavy atom. The number of H-pyrrole nitrogens is 1. The molecule has 2 aromatic carbocycles. The van der Waals surface area contributed by atoms with Crippen LogP contribution in [0.15, 0.2) is 52.5 Å². The lowest BCUT2D eigenvalue weighted by molar-refractivity contribution is 0.445. The number of imidazole rings is 1. The van der Waals surface area contributed by atoms with Crippen molar-refractivity contribution in [3.05, 3.63) is 53.9 Å². The number of aryl methyl sites for hydroxylation is 1. The van der Waals surface area contributed by atoms with Gasteiger partial charge in [0.05, 0.1) is 21.7 Å². The van der Waals surface area contributed by atoms with E-state index in [1.807, 2.05) is 43.7 Å². The number of sulfonamides is 1. The second-order valence-electron chi connectivity index (χ2n) is 7.42. The van der Waals surface area contributed by atoms with Gasteiger partial charge in [-0.2, -0.15) is 4.31 Å². The predicted molar refractivity (Wildman–Crippen MR) is 127 cm³/mol. The summed E-state index contributed by atoms with van der Waals surface area (Å²) in [4.78, 5) is 8.12. The largest absolute Gasteiger partial charge is 0.341 e. The summed E-state index contributed by atoms with van der Waals surface area (Å²) >= 11 is 1.53. The fraction of sp³-hybridized carbons (Fsp3) is 0.318. The molecule has 0 spiro atoms. The number of benzene rings is 2. The molecule has 4 rings (SSSR count). The minimum Gasteiger partial charge on any atom is -0.341 e. The summed E-state index contributed by atoms with van der Waals surface area (Å²) in [5.74, 6) is 2.14. The van der Waals surface area contributed by atoms with Crippen molar-refractivity contribution in [1.29, 1.82) is 0 Å². The average molecular weight is 471 g/mol. The zero-order chi connectivity index (χ0) is 22.9. The molecular formula is C22H26N6O2S2. The second-order valence-corrected chi connectivity index (χ2v) is 10.3. The standard InChI is InChI=1S/C22H26N6O2S2/c1-5-28(6-2)32(29,30)16-11-12-18-19(13-16)24-20(23-18)14-31-22-26-25-21(27(22)4)17-10-8-7-9-15(17)3/h7-13H,5-6,14H2,1-4H3,(H,23,24). The molecule has 2 heterocycles. The maximum atomic E-state index is 12.8. The predicted octanol–water partition coefficient (Wildman–Crippen LogP) is 3.99. The second kappa shape index (κ2) is 9.05. The Bertz CT molecular complexity index is 1360. The molecule has 0 unspecified atom stereocenters. The molecule has 0 saturated carbocycles. The van der Waals surface area contributed by atoms with Crippen LogP contribution in [0.4, 0.5) is 0 Å². The molecule has 0 radical (unpaired) electrons. The van der Waals surface area contributed by atoms with E-state index in [0.717, 1.165) is 33.4 Å². The van der Waals surface area contributed by atoms with Crippen LogP contribution in [0.5, 0.6) is 0 Å². The summed E-state index contributed by atoms with van der Waals surface area (Å²) in [5, 5.41) is 9.49. The summed E-state index contributed by atoms with van der Waals surface area (Å²) in [6.45, 7) is 6.60. The molecule has 0 amide bonds. The van der Waals surface area contributed by atoms with Crippen LogP contribution >= 0.6 is 11.8 Å². The fourth-order valence-corrected chi connectivity index (χ4v) is 5.88. The van der Waals surface area contributed by atoms with Gasteiger partial charge in [0.15, 0.2) is 11.0 Å². The highest BCUT2D eigenvalue weighted by Crippen LogP contribution is 2.27. The van der Waals surface area contributed by atoms with Gasteiger partial charge in [-0.3, -0.25) is 0 Å². The maximum absolute atomic E-state index is 12.8. The van der Waals surface area contributed by atoms with Gasteiger partial charge in [0.1, 0.15) is 5.82 Å². The number of fused-ring (bicyclic) bond motifs is 1. The van der Waals surface area contributed by atoms with E-state index in [9.17, 15) is 8.42 Å². The first kappa shape index (κ1) is 22.5. The van der Waals surface area contributed by atoms with Crippen molar-refractivity contribution in [2.24, 2.45) is 7.05 Å². The van der Waals surface area contributed by atoms with E-state index in [2.05, 4.69) is 33.2 Å². The van der Waals surface area contributed by atoms with Crippen molar-refractivity contribution in [3.8, 4) is 11.4 Å². The highest BCUT2D eigenvalue weighted by molar-refractivity contribution is 7.98. The number of nitrogens with one attached hydrogen (secondary N) is 1. The van der Waals surface area contributed by atoms with Gasteiger partial charge in [-0.15, -0.1) is 10.2 Å². The highest BCUT2D eigenvalue weighted by atomic mass is 32.2. The third-order valence-corrected chi connectivity index (χ3v) is 8.48. The first-order valence-electron chi connectivity index (χ1n) is 10.4. The third kappa shape index (κ3) is 4.17. The van der Waals surface area contributed by atoms with Crippen LogP contribution < -0.4 is 0 Å². The summed E-state index contributed by atoms with van der Waals surface area (Å²) in [6, 6.07) is 13.1. The lowest BCUT2D eigenvalue weighted by Crippen LogP contribution is -2.30. The van der Waals surface area contributed by atoms with Gasteiger partial charge in [0, 0.05) is 25.7 Å². The summed E-state index contributed by atoms with van der Waals surface area (Å²) in [6.07, 6.45) is 0. The molecule has 0 atom stereocenters. The van der Waals surface area contributed by atoms with Crippen molar-refractivity contribution in [2.45, 2.75) is 36.6 Å². The average Bonchev–Trinajstić information content (AvgIpc) is 3.35. The van der Waals surface area contributed by atoms with Crippen molar-refractivity contribution < 1.29 is 8.42 Å². The Hall–Kier alpha value is -2.69. The van der Waals surface area contributed by atoms with Crippen molar-refractivity contribution in [2.75, 3.05) is 13.1 Å². The van der Waals surface area contributed by atoms with Crippen LogP contribution in [0.1, 0.15) is 25.2 Å². The van der Waals surface area contributed by atoms with Gasteiger partial charge in [-0.05, 0) is 30.7 Å². The molecule has 10 heteroatoms. The zero-order valence-electron chi connectivity index (χ0n) is 18.5. The summed E-state index contributed by atoms with van der Waals surface area (Å²) < 4.78 is 29.0. The molecule has 0 aliphatic carbocycles. The molecule has 2 aromatic heterocycles. The molecule has 1 N–H and O–H groups in total. The molecule has 8 nitrogen and oxygen atoms in total. The van der Waals surface area contributed by atoms with Crippen molar-refractivity contribution in [3.63, 3.8) is 0 Å².